The molecule has 1 unspecified atom stereocenters. The number of benzene rings is 2. The molecule has 7 nitrogen and oxygen atoms in total. The standard InChI is InChI=1S/C23H23Cl2N3O4/c1-23(2,14-5-3-4-13(10-14)20(26)30)22(32)27-11-12-8-16(24)19(17(25)9-12)15-6-7-18(29)28-21(15)31/h3-5,8-10,15H,6-7,11H2,1-2H3,(H2,26,30)(H,27,32)(H,28,29,31). The molecule has 4 N–H and O–H groups in total. The largest absolute Gasteiger partial charge is 0.366 e. The van der Waals surface area contributed by atoms with E-state index >= 15 is 0 Å². The van der Waals surface area contributed by atoms with Gasteiger partial charge in [0.05, 0.1) is 11.3 Å². The Labute approximate surface area is 195 Å². The minimum atomic E-state index is -0.925. The molecule has 0 spiro atoms. The molecule has 3 rings (SSSR count). The molecule has 32 heavy (non-hydrogen) atoms. The Morgan fingerprint density at radius 2 is 1.81 bits per heavy atom. The molecule has 1 saturated heterocycles. The van der Waals surface area contributed by atoms with Gasteiger partial charge in [-0.1, -0.05) is 35.3 Å². The summed E-state index contributed by atoms with van der Waals surface area (Å²) in [6.07, 6.45) is 0.547. The number of amides is 4. The maximum absolute atomic E-state index is 12.9. The first kappa shape index (κ1) is 23.8. The Hall–Kier alpha value is -2.90. The van der Waals surface area contributed by atoms with Gasteiger partial charge < -0.3 is 11.1 Å². The Morgan fingerprint density at radius 3 is 2.41 bits per heavy atom. The third kappa shape index (κ3) is 4.95. The van der Waals surface area contributed by atoms with Gasteiger partial charge in [0, 0.05) is 34.1 Å². The van der Waals surface area contributed by atoms with Crippen molar-refractivity contribution in [2.75, 3.05) is 0 Å². The normalized spacial score (nSPS) is 16.4. The molecular weight excluding hydrogens is 453 g/mol. The first-order valence-electron chi connectivity index (χ1n) is 10.0. The lowest BCUT2D eigenvalue weighted by atomic mass is 9.83. The van der Waals surface area contributed by atoms with E-state index in [0.717, 1.165) is 0 Å². The van der Waals surface area contributed by atoms with Crippen LogP contribution in [0, 0.1) is 0 Å². The number of carbonyl (C=O) groups excluding carboxylic acids is 4. The highest BCUT2D eigenvalue weighted by Crippen LogP contribution is 2.37. The van der Waals surface area contributed by atoms with Gasteiger partial charge in [0.1, 0.15) is 0 Å². The quantitative estimate of drug-likeness (QED) is 0.555. The molecule has 1 aliphatic rings. The molecule has 1 aliphatic heterocycles. The lowest BCUT2D eigenvalue weighted by Gasteiger charge is -2.25. The van der Waals surface area contributed by atoms with Crippen molar-refractivity contribution >= 4 is 46.8 Å². The van der Waals surface area contributed by atoms with Crippen LogP contribution in [0.2, 0.25) is 10.0 Å². The summed E-state index contributed by atoms with van der Waals surface area (Å²) < 4.78 is 0. The summed E-state index contributed by atoms with van der Waals surface area (Å²) in [6.45, 7) is 3.65. The van der Waals surface area contributed by atoms with Crippen LogP contribution in [0.4, 0.5) is 0 Å². The second kappa shape index (κ2) is 9.30. The number of nitrogens with two attached hydrogens (primary N) is 1. The van der Waals surface area contributed by atoms with Gasteiger partial charge in [0.2, 0.25) is 23.6 Å². The van der Waals surface area contributed by atoms with Crippen molar-refractivity contribution in [3.63, 3.8) is 0 Å². The van der Waals surface area contributed by atoms with E-state index in [0.29, 0.717) is 38.7 Å². The van der Waals surface area contributed by atoms with Gasteiger partial charge >= 0.3 is 0 Å². The molecule has 0 aromatic heterocycles. The Bertz CT molecular complexity index is 1090. The highest BCUT2D eigenvalue weighted by Gasteiger charge is 2.32. The van der Waals surface area contributed by atoms with Crippen LogP contribution >= 0.6 is 23.2 Å². The van der Waals surface area contributed by atoms with Gasteiger partial charge in [0.15, 0.2) is 0 Å². The number of hydrogen-bond donors (Lipinski definition) is 3. The zero-order valence-electron chi connectivity index (χ0n) is 17.6. The van der Waals surface area contributed by atoms with Gasteiger partial charge in [-0.2, -0.15) is 0 Å². The van der Waals surface area contributed by atoms with E-state index in [1.807, 2.05) is 0 Å². The van der Waals surface area contributed by atoms with Gasteiger partial charge in [-0.3, -0.25) is 24.5 Å². The van der Waals surface area contributed by atoms with Crippen molar-refractivity contribution in [3.05, 3.63) is 68.7 Å². The van der Waals surface area contributed by atoms with Crippen molar-refractivity contribution < 1.29 is 19.2 Å². The summed E-state index contributed by atoms with van der Waals surface area (Å²) in [5.74, 6) is -2.18. The fourth-order valence-electron chi connectivity index (χ4n) is 3.64. The predicted octanol–water partition coefficient (Wildman–Crippen LogP) is 3.21. The molecule has 0 aliphatic carbocycles. The average molecular weight is 476 g/mol. The number of piperidine rings is 1. The van der Waals surface area contributed by atoms with E-state index in [2.05, 4.69) is 10.6 Å². The van der Waals surface area contributed by atoms with Crippen molar-refractivity contribution in [3.8, 4) is 0 Å². The number of carbonyl (C=O) groups is 4. The van der Waals surface area contributed by atoms with Gasteiger partial charge in [-0.25, -0.2) is 0 Å². The molecule has 0 saturated carbocycles. The average Bonchev–Trinajstić information content (AvgIpc) is 2.73. The molecule has 4 amide bonds. The summed E-state index contributed by atoms with van der Waals surface area (Å²) in [4.78, 5) is 47.9. The van der Waals surface area contributed by atoms with Crippen LogP contribution in [0.3, 0.4) is 0 Å². The highest BCUT2D eigenvalue weighted by atomic mass is 35.5. The number of imide groups is 1. The summed E-state index contributed by atoms with van der Waals surface area (Å²) >= 11 is 12.8. The summed E-state index contributed by atoms with van der Waals surface area (Å²) in [5.41, 5.74) is 6.52. The Kier molecular flexibility index (Phi) is 6.91. The molecule has 0 radical (unpaired) electrons. The smallest absolute Gasteiger partial charge is 0.248 e. The third-order valence-electron chi connectivity index (χ3n) is 5.62. The molecule has 0 bridgehead atoms. The van der Waals surface area contributed by atoms with Crippen molar-refractivity contribution in [1.29, 1.82) is 0 Å². The van der Waals surface area contributed by atoms with Gasteiger partial charge in [0.25, 0.3) is 0 Å². The van der Waals surface area contributed by atoms with Crippen LogP contribution in [0.5, 0.6) is 0 Å². The second-order valence-corrected chi connectivity index (χ2v) is 9.04. The van der Waals surface area contributed by atoms with E-state index in [1.165, 1.54) is 0 Å². The van der Waals surface area contributed by atoms with Crippen molar-refractivity contribution in [2.45, 2.75) is 44.6 Å². The summed E-state index contributed by atoms with van der Waals surface area (Å²) in [7, 11) is 0. The maximum atomic E-state index is 12.9. The first-order valence-corrected chi connectivity index (χ1v) is 10.8. The molecule has 9 heteroatoms. The van der Waals surface area contributed by atoms with Crippen molar-refractivity contribution in [2.24, 2.45) is 5.73 Å². The van der Waals surface area contributed by atoms with E-state index in [4.69, 9.17) is 28.9 Å². The number of rotatable bonds is 6. The minimum Gasteiger partial charge on any atom is -0.366 e. The lowest BCUT2D eigenvalue weighted by Crippen LogP contribution is -2.40. The predicted molar refractivity (Wildman–Crippen MR) is 121 cm³/mol. The number of nitrogens with one attached hydrogen (secondary N) is 2. The van der Waals surface area contributed by atoms with Crippen LogP contribution in [0.25, 0.3) is 0 Å². The fraction of sp³-hybridized carbons (Fsp3) is 0.304. The Morgan fingerprint density at radius 1 is 1.16 bits per heavy atom. The van der Waals surface area contributed by atoms with Crippen LogP contribution in [0.1, 0.15) is 59.7 Å². The zero-order valence-corrected chi connectivity index (χ0v) is 19.1. The maximum Gasteiger partial charge on any atom is 0.248 e. The number of primary amides is 1. The van der Waals surface area contributed by atoms with Crippen LogP contribution in [-0.4, -0.2) is 23.6 Å². The third-order valence-corrected chi connectivity index (χ3v) is 6.24. The first-order chi connectivity index (χ1) is 15.0. The lowest BCUT2D eigenvalue weighted by molar-refractivity contribution is -0.134. The zero-order chi connectivity index (χ0) is 23.6. The Balaban J connectivity index is 1.75. The van der Waals surface area contributed by atoms with Gasteiger partial charge in [-0.15, -0.1) is 0 Å². The molecule has 1 fully saturated rings. The number of halogens is 2. The fourth-order valence-corrected chi connectivity index (χ4v) is 4.43. The molecule has 168 valence electrons. The summed E-state index contributed by atoms with van der Waals surface area (Å²) in [5, 5.41) is 5.75. The second-order valence-electron chi connectivity index (χ2n) is 8.23. The number of hydrogen-bond acceptors (Lipinski definition) is 4. The molecule has 2 aromatic rings. The molecular formula is C23H23Cl2N3O4. The van der Waals surface area contributed by atoms with Crippen LogP contribution in [-0.2, 0) is 26.3 Å². The van der Waals surface area contributed by atoms with Gasteiger partial charge in [-0.05, 0) is 55.7 Å². The highest BCUT2D eigenvalue weighted by molar-refractivity contribution is 6.36. The minimum absolute atomic E-state index is 0.160. The van der Waals surface area contributed by atoms with Crippen molar-refractivity contribution in [1.82, 2.24) is 10.6 Å². The van der Waals surface area contributed by atoms with E-state index < -0.39 is 23.1 Å². The monoisotopic (exact) mass is 475 g/mol. The molecule has 1 atom stereocenters. The summed E-state index contributed by atoms with van der Waals surface area (Å²) in [6, 6.07) is 9.92. The van der Waals surface area contributed by atoms with Crippen LogP contribution in [0.15, 0.2) is 36.4 Å². The molecule has 2 aromatic carbocycles. The van der Waals surface area contributed by atoms with E-state index in [9.17, 15) is 19.2 Å². The topological polar surface area (TPSA) is 118 Å². The van der Waals surface area contributed by atoms with E-state index in [-0.39, 0.29) is 24.8 Å². The van der Waals surface area contributed by atoms with E-state index in [1.54, 1.807) is 50.2 Å². The SMILES string of the molecule is CC(C)(C(=O)NCc1cc(Cl)c(C2CCC(=O)NC2=O)c(Cl)c1)c1cccc(C(N)=O)c1. The molecule has 1 heterocycles. The van der Waals surface area contributed by atoms with Crippen LogP contribution < -0.4 is 16.4 Å².